The fourth-order valence-corrected chi connectivity index (χ4v) is 2.53. The van der Waals surface area contributed by atoms with Crippen molar-refractivity contribution in [3.8, 4) is 6.07 Å². The molecule has 0 aliphatic heterocycles. The Morgan fingerprint density at radius 2 is 1.86 bits per heavy atom. The third-order valence-corrected chi connectivity index (χ3v) is 3.75. The van der Waals surface area contributed by atoms with E-state index in [9.17, 15) is 31.1 Å². The highest BCUT2D eigenvalue weighted by Crippen LogP contribution is 2.29. The number of nitriles is 1. The fourth-order valence-electron chi connectivity index (χ4n) is 2.53. The van der Waals surface area contributed by atoms with Crippen LogP contribution in [0.4, 0.5) is 32.3 Å². The summed E-state index contributed by atoms with van der Waals surface area (Å²) in [6.45, 7) is -1.53. The predicted molar refractivity (Wildman–Crippen MR) is 87.7 cm³/mol. The van der Waals surface area contributed by atoms with Crippen LogP contribution >= 0.6 is 0 Å². The number of alkyl halides is 6. The van der Waals surface area contributed by atoms with Crippen LogP contribution in [0.15, 0.2) is 36.5 Å². The second-order valence-electron chi connectivity index (χ2n) is 5.83. The summed E-state index contributed by atoms with van der Waals surface area (Å²) in [4.78, 5) is 19.3. The van der Waals surface area contributed by atoms with E-state index in [0.717, 1.165) is 18.3 Å². The monoisotopic (exact) mass is 413 g/mol. The molecule has 3 rings (SSSR count). The van der Waals surface area contributed by atoms with Crippen molar-refractivity contribution in [3.05, 3.63) is 53.3 Å². The number of carbonyl (C=O) groups excluding carboxylic acids is 1. The normalized spacial score (nSPS) is 12.0. The number of imidazole rings is 1. The van der Waals surface area contributed by atoms with E-state index in [1.165, 1.54) is 12.1 Å². The Labute approximate surface area is 158 Å². The molecule has 0 bridgehead atoms. The number of rotatable bonds is 3. The number of pyridine rings is 1. The Bertz CT molecular complexity index is 1130. The van der Waals surface area contributed by atoms with Crippen LogP contribution in [0.2, 0.25) is 0 Å². The number of carbonyl (C=O) groups is 1. The number of hydrogen-bond donors (Lipinski definition) is 1. The van der Waals surface area contributed by atoms with E-state index in [-0.39, 0.29) is 16.6 Å². The second kappa shape index (κ2) is 7.08. The number of benzene rings is 1. The smallest absolute Gasteiger partial charge is 0.301 e. The molecule has 12 heteroatoms. The van der Waals surface area contributed by atoms with E-state index < -0.39 is 42.0 Å². The van der Waals surface area contributed by atoms with Gasteiger partial charge in [0.15, 0.2) is 0 Å². The molecule has 1 aromatic carbocycles. The van der Waals surface area contributed by atoms with Crippen LogP contribution < -0.4 is 5.32 Å². The zero-order valence-electron chi connectivity index (χ0n) is 14.1. The topological polar surface area (TPSA) is 83.6 Å². The van der Waals surface area contributed by atoms with Crippen molar-refractivity contribution in [1.29, 1.82) is 5.26 Å². The molecule has 0 atom stereocenters. The van der Waals surface area contributed by atoms with Crippen LogP contribution in [0, 0.1) is 11.3 Å². The molecule has 0 fully saturated rings. The van der Waals surface area contributed by atoms with Crippen LogP contribution in [0.3, 0.4) is 0 Å². The Morgan fingerprint density at radius 3 is 2.48 bits per heavy atom. The van der Waals surface area contributed by atoms with Gasteiger partial charge in [-0.2, -0.15) is 31.6 Å². The second-order valence-corrected chi connectivity index (χ2v) is 5.83. The lowest BCUT2D eigenvalue weighted by Gasteiger charge is -2.13. The van der Waals surface area contributed by atoms with Crippen molar-refractivity contribution < 1.29 is 31.1 Å². The average Bonchev–Trinajstić information content (AvgIpc) is 2.96. The molecule has 0 saturated heterocycles. The highest BCUT2D eigenvalue weighted by atomic mass is 19.4. The number of nitrogens with one attached hydrogen (secondary N) is 1. The first kappa shape index (κ1) is 20.1. The van der Waals surface area contributed by atoms with Gasteiger partial charge in [0, 0.05) is 11.8 Å². The van der Waals surface area contributed by atoms with Crippen LogP contribution in [0.25, 0.3) is 11.0 Å². The lowest BCUT2D eigenvalue weighted by atomic mass is 10.2. The van der Waals surface area contributed by atoms with Gasteiger partial charge in [0.2, 0.25) is 5.95 Å². The quantitative estimate of drug-likeness (QED) is 0.655. The largest absolute Gasteiger partial charge is 0.433 e. The van der Waals surface area contributed by atoms with Crippen LogP contribution in [-0.4, -0.2) is 26.6 Å². The lowest BCUT2D eigenvalue weighted by molar-refractivity contribution is -0.141. The SMILES string of the molecule is N#Cc1ccc2nc(NC(=O)c3ccnc(C(F)(F)F)c3)n(CC(F)(F)F)c2c1. The number of nitrogens with zero attached hydrogens (tertiary/aromatic N) is 4. The van der Waals surface area contributed by atoms with Gasteiger partial charge in [-0.3, -0.25) is 15.1 Å². The van der Waals surface area contributed by atoms with E-state index in [0.29, 0.717) is 10.6 Å². The fraction of sp³-hybridized carbons (Fsp3) is 0.176. The molecule has 150 valence electrons. The molecule has 6 nitrogen and oxygen atoms in total. The minimum Gasteiger partial charge on any atom is -0.301 e. The van der Waals surface area contributed by atoms with Gasteiger partial charge in [0.25, 0.3) is 5.91 Å². The standard InChI is InChI=1S/C17H9F6N5O/c18-16(19,20)8-28-12-5-9(7-24)1-2-11(12)26-15(28)27-14(29)10-3-4-25-13(6-10)17(21,22)23/h1-6H,8H2,(H,26,27,29). The number of amides is 1. The number of hydrogen-bond acceptors (Lipinski definition) is 4. The average molecular weight is 413 g/mol. The van der Waals surface area contributed by atoms with Gasteiger partial charge in [0.1, 0.15) is 12.2 Å². The molecule has 29 heavy (non-hydrogen) atoms. The minimum absolute atomic E-state index is 0.0641. The third kappa shape index (κ3) is 4.45. The summed E-state index contributed by atoms with van der Waals surface area (Å²) in [5.41, 5.74) is -1.72. The molecule has 0 spiro atoms. The highest BCUT2D eigenvalue weighted by Gasteiger charge is 2.33. The summed E-state index contributed by atoms with van der Waals surface area (Å²) in [5.74, 6) is -1.63. The number of fused-ring (bicyclic) bond motifs is 1. The first-order valence-electron chi connectivity index (χ1n) is 7.80. The zero-order chi connectivity index (χ0) is 21.4. The predicted octanol–water partition coefficient (Wildman–Crippen LogP) is 4.14. The van der Waals surface area contributed by atoms with E-state index in [1.807, 2.05) is 0 Å². The van der Waals surface area contributed by atoms with Gasteiger partial charge in [-0.25, -0.2) is 4.98 Å². The molecule has 3 aromatic rings. The summed E-state index contributed by atoms with van der Waals surface area (Å²) < 4.78 is 77.9. The summed E-state index contributed by atoms with van der Waals surface area (Å²) in [6.07, 6.45) is -8.72. The van der Waals surface area contributed by atoms with Crippen LogP contribution in [0.5, 0.6) is 0 Å². The van der Waals surface area contributed by atoms with E-state index >= 15 is 0 Å². The first-order chi connectivity index (χ1) is 13.5. The van der Waals surface area contributed by atoms with Gasteiger partial charge in [0.05, 0.1) is 22.7 Å². The van der Waals surface area contributed by atoms with Gasteiger partial charge < -0.3 is 4.57 Å². The molecule has 0 radical (unpaired) electrons. The minimum atomic E-state index is -4.80. The molecule has 1 N–H and O–H groups in total. The number of aromatic nitrogens is 3. The number of halogens is 6. The Balaban J connectivity index is 2.02. The maximum Gasteiger partial charge on any atom is 0.433 e. The highest BCUT2D eigenvalue weighted by molar-refractivity contribution is 6.04. The Kier molecular flexibility index (Phi) is 4.91. The summed E-state index contributed by atoms with van der Waals surface area (Å²) in [7, 11) is 0. The summed E-state index contributed by atoms with van der Waals surface area (Å²) in [5, 5.41) is 11.0. The molecule has 1 amide bonds. The van der Waals surface area contributed by atoms with Crippen molar-refractivity contribution in [2.24, 2.45) is 0 Å². The molecular formula is C17H9F6N5O. The summed E-state index contributed by atoms with van der Waals surface area (Å²) in [6, 6.07) is 7.03. The molecule has 0 aliphatic carbocycles. The van der Waals surface area contributed by atoms with Crippen molar-refractivity contribution in [2.75, 3.05) is 5.32 Å². The van der Waals surface area contributed by atoms with Crippen LogP contribution in [0.1, 0.15) is 21.6 Å². The Hall–Kier alpha value is -3.62. The van der Waals surface area contributed by atoms with E-state index in [2.05, 4.69) is 15.3 Å². The number of anilines is 1. The molecular weight excluding hydrogens is 404 g/mol. The molecule has 2 heterocycles. The maximum atomic E-state index is 13.0. The van der Waals surface area contributed by atoms with Crippen molar-refractivity contribution in [1.82, 2.24) is 14.5 Å². The van der Waals surface area contributed by atoms with Crippen molar-refractivity contribution >= 4 is 22.9 Å². The van der Waals surface area contributed by atoms with Gasteiger partial charge in [-0.05, 0) is 30.3 Å². The molecule has 2 aromatic heterocycles. The Morgan fingerprint density at radius 1 is 1.14 bits per heavy atom. The van der Waals surface area contributed by atoms with Crippen LogP contribution in [-0.2, 0) is 12.7 Å². The zero-order valence-corrected chi connectivity index (χ0v) is 14.1. The molecule has 0 unspecified atom stereocenters. The summed E-state index contributed by atoms with van der Waals surface area (Å²) >= 11 is 0. The van der Waals surface area contributed by atoms with Gasteiger partial charge >= 0.3 is 12.4 Å². The van der Waals surface area contributed by atoms with E-state index in [1.54, 1.807) is 6.07 Å². The molecule has 0 aliphatic rings. The van der Waals surface area contributed by atoms with Gasteiger partial charge in [-0.1, -0.05) is 0 Å². The third-order valence-electron chi connectivity index (χ3n) is 3.75. The van der Waals surface area contributed by atoms with E-state index in [4.69, 9.17) is 5.26 Å². The lowest BCUT2D eigenvalue weighted by Crippen LogP contribution is -2.22. The van der Waals surface area contributed by atoms with Gasteiger partial charge in [-0.15, -0.1) is 0 Å². The maximum absolute atomic E-state index is 13.0. The molecule has 0 saturated carbocycles. The van der Waals surface area contributed by atoms with Crippen molar-refractivity contribution in [2.45, 2.75) is 18.9 Å². The first-order valence-corrected chi connectivity index (χ1v) is 7.80. The van der Waals surface area contributed by atoms with Crippen molar-refractivity contribution in [3.63, 3.8) is 0 Å².